The smallest absolute Gasteiger partial charge is 0.110 e. The Balaban J connectivity index is 1.35. The molecule has 10 nitrogen and oxygen atoms in total. The van der Waals surface area contributed by atoms with E-state index < -0.39 is 6.04 Å². The predicted molar refractivity (Wildman–Crippen MR) is 175 cm³/mol. The molecule has 1 aliphatic carbocycles. The molecule has 1 aliphatic rings. The van der Waals surface area contributed by atoms with Crippen LogP contribution in [0.4, 0.5) is 11.4 Å². The van der Waals surface area contributed by atoms with Gasteiger partial charge < -0.3 is 10.6 Å². The summed E-state index contributed by atoms with van der Waals surface area (Å²) < 4.78 is 3.01. The van der Waals surface area contributed by atoms with Crippen LogP contribution in [0.5, 0.6) is 0 Å². The Morgan fingerprint density at radius 1 is 1.04 bits per heavy atom. The number of anilines is 2. The van der Waals surface area contributed by atoms with E-state index in [4.69, 9.17) is 5.10 Å². The molecule has 1 unspecified atom stereocenters. The van der Waals surface area contributed by atoms with Gasteiger partial charge in [-0.05, 0) is 59.7 Å². The van der Waals surface area contributed by atoms with Crippen LogP contribution in [0.25, 0.3) is 21.1 Å². The van der Waals surface area contributed by atoms with Crippen molar-refractivity contribution in [1.82, 2.24) is 29.9 Å². The van der Waals surface area contributed by atoms with Gasteiger partial charge in [-0.1, -0.05) is 38.1 Å². The molecule has 7 rings (SSSR count). The van der Waals surface area contributed by atoms with Gasteiger partial charge in [-0.2, -0.15) is 10.5 Å². The fraction of sp³-hybridized carbons (Fsp3) is 0.265. The molecule has 0 bridgehead atoms. The van der Waals surface area contributed by atoms with Gasteiger partial charge in [-0.3, -0.25) is 9.97 Å². The normalized spacial score (nSPS) is 14.5. The van der Waals surface area contributed by atoms with Crippen LogP contribution in [-0.2, 0) is 5.54 Å². The lowest BCUT2D eigenvalue weighted by Crippen LogP contribution is -2.20. The van der Waals surface area contributed by atoms with Crippen LogP contribution in [0.1, 0.15) is 67.6 Å². The first kappa shape index (κ1) is 28.4. The van der Waals surface area contributed by atoms with E-state index in [1.807, 2.05) is 59.1 Å². The summed E-state index contributed by atoms with van der Waals surface area (Å²) in [5.41, 5.74) is 8.12. The van der Waals surface area contributed by atoms with Crippen molar-refractivity contribution < 1.29 is 0 Å². The molecule has 11 heteroatoms. The molecule has 1 atom stereocenters. The minimum atomic E-state index is -0.404. The summed E-state index contributed by atoms with van der Waals surface area (Å²) in [5, 5.41) is 37.3. The highest BCUT2D eigenvalue weighted by Gasteiger charge is 2.47. The molecule has 4 aromatic heterocycles. The summed E-state index contributed by atoms with van der Waals surface area (Å²) in [7, 11) is 0. The third-order valence-electron chi connectivity index (χ3n) is 8.20. The zero-order chi connectivity index (χ0) is 31.2. The van der Waals surface area contributed by atoms with Gasteiger partial charge in [-0.25, -0.2) is 9.67 Å². The highest BCUT2D eigenvalue weighted by molar-refractivity contribution is 7.17. The summed E-state index contributed by atoms with van der Waals surface area (Å²) in [5.74, 6) is 0. The molecule has 0 aliphatic heterocycles. The van der Waals surface area contributed by atoms with Crippen LogP contribution in [0, 0.1) is 28.1 Å². The summed E-state index contributed by atoms with van der Waals surface area (Å²) in [4.78, 5) is 13.3. The molecule has 222 valence electrons. The summed E-state index contributed by atoms with van der Waals surface area (Å²) in [6.45, 7) is 7.02. The third kappa shape index (κ3) is 5.22. The topological polar surface area (TPSA) is 141 Å². The largest absolute Gasteiger partial charge is 0.383 e. The number of nitrogens with zero attached hydrogens (tertiary/aromatic N) is 8. The number of aromatic nitrogens is 6. The first-order valence-electron chi connectivity index (χ1n) is 14.7. The van der Waals surface area contributed by atoms with Gasteiger partial charge in [0.15, 0.2) is 0 Å². The van der Waals surface area contributed by atoms with Crippen molar-refractivity contribution in [2.75, 3.05) is 17.2 Å². The van der Waals surface area contributed by atoms with E-state index in [2.05, 4.69) is 69.8 Å². The van der Waals surface area contributed by atoms with Crippen LogP contribution in [0.15, 0.2) is 72.8 Å². The average Bonchev–Trinajstić information content (AvgIpc) is 3.45. The van der Waals surface area contributed by atoms with E-state index in [0.29, 0.717) is 39.9 Å². The van der Waals surface area contributed by atoms with Crippen LogP contribution < -0.4 is 10.6 Å². The van der Waals surface area contributed by atoms with E-state index in [-0.39, 0.29) is 11.0 Å². The van der Waals surface area contributed by atoms with E-state index in [9.17, 15) is 10.5 Å². The Labute approximate surface area is 264 Å². The molecule has 4 heterocycles. The maximum Gasteiger partial charge on any atom is 0.110 e. The van der Waals surface area contributed by atoms with Crippen molar-refractivity contribution in [2.24, 2.45) is 5.41 Å². The highest BCUT2D eigenvalue weighted by atomic mass is 32.1. The summed E-state index contributed by atoms with van der Waals surface area (Å²) in [6, 6.07) is 18.1. The van der Waals surface area contributed by atoms with Crippen molar-refractivity contribution in [2.45, 2.75) is 45.2 Å². The first-order chi connectivity index (χ1) is 21.8. The van der Waals surface area contributed by atoms with E-state index >= 15 is 0 Å². The number of benzene rings is 2. The molecule has 6 aromatic rings. The number of rotatable bonds is 8. The monoisotopic (exact) mass is 610 g/mol. The second kappa shape index (κ2) is 11.0. The number of nitriles is 2. The van der Waals surface area contributed by atoms with Gasteiger partial charge in [0, 0.05) is 36.2 Å². The lowest BCUT2D eigenvalue weighted by Gasteiger charge is -2.22. The first-order valence-corrected chi connectivity index (χ1v) is 15.6. The molecule has 0 saturated heterocycles. The molecular formula is C34H30N10S. The van der Waals surface area contributed by atoms with Crippen LogP contribution in [0.2, 0.25) is 0 Å². The maximum atomic E-state index is 10.2. The molecule has 2 N–H and O–H groups in total. The average molecular weight is 611 g/mol. The Kier molecular flexibility index (Phi) is 6.91. The van der Waals surface area contributed by atoms with Gasteiger partial charge in [-0.15, -0.1) is 16.4 Å². The number of nitrogens with one attached hydrogen (secondary N) is 2. The third-order valence-corrected chi connectivity index (χ3v) is 9.09. The Morgan fingerprint density at radius 3 is 2.58 bits per heavy atom. The van der Waals surface area contributed by atoms with Gasteiger partial charge in [0.2, 0.25) is 0 Å². The second-order valence-electron chi connectivity index (χ2n) is 12.6. The lowest BCUT2D eigenvalue weighted by atomic mass is 9.96. The van der Waals surface area contributed by atoms with Crippen molar-refractivity contribution in [1.29, 1.82) is 10.5 Å². The SMILES string of the molecule is CC(C)(C)CNc1c(C#N)cnc2c(C#N)cc(NC(c3cn(C4(c5ccncc5)CC4)nn3)c3cccc4ncsc34)cc12. The summed E-state index contributed by atoms with van der Waals surface area (Å²) >= 11 is 1.57. The molecule has 0 radical (unpaired) electrons. The van der Waals surface area contributed by atoms with Crippen molar-refractivity contribution >= 4 is 43.8 Å². The minimum absolute atomic E-state index is 0.0320. The zero-order valence-electron chi connectivity index (χ0n) is 25.1. The van der Waals surface area contributed by atoms with Crippen molar-refractivity contribution in [3.8, 4) is 12.1 Å². The van der Waals surface area contributed by atoms with Gasteiger partial charge in [0.25, 0.3) is 0 Å². The fourth-order valence-electron chi connectivity index (χ4n) is 5.76. The predicted octanol–water partition coefficient (Wildman–Crippen LogP) is 6.77. The Hall–Kier alpha value is -5.39. The zero-order valence-corrected chi connectivity index (χ0v) is 25.9. The molecule has 1 fully saturated rings. The van der Waals surface area contributed by atoms with Crippen LogP contribution in [-0.4, -0.2) is 36.5 Å². The lowest BCUT2D eigenvalue weighted by molar-refractivity contribution is 0.443. The Bertz CT molecular complexity index is 2120. The van der Waals surface area contributed by atoms with E-state index in [1.165, 1.54) is 6.20 Å². The molecular weight excluding hydrogens is 581 g/mol. The van der Waals surface area contributed by atoms with Gasteiger partial charge in [0.05, 0.1) is 55.8 Å². The number of fused-ring (bicyclic) bond motifs is 2. The van der Waals surface area contributed by atoms with Crippen molar-refractivity contribution in [3.63, 3.8) is 0 Å². The number of pyridine rings is 2. The highest BCUT2D eigenvalue weighted by Crippen LogP contribution is 2.49. The number of thiazole rings is 1. The van der Waals surface area contributed by atoms with Crippen LogP contribution >= 0.6 is 11.3 Å². The molecule has 0 amide bonds. The summed E-state index contributed by atoms with van der Waals surface area (Å²) in [6.07, 6.45) is 9.11. The quantitative estimate of drug-likeness (QED) is 0.191. The Morgan fingerprint density at radius 2 is 1.84 bits per heavy atom. The van der Waals surface area contributed by atoms with Gasteiger partial charge >= 0.3 is 0 Å². The van der Waals surface area contributed by atoms with E-state index in [0.717, 1.165) is 39.9 Å². The fourth-order valence-corrected chi connectivity index (χ4v) is 6.60. The van der Waals surface area contributed by atoms with E-state index in [1.54, 1.807) is 17.4 Å². The van der Waals surface area contributed by atoms with Gasteiger partial charge in [0.1, 0.15) is 17.8 Å². The minimum Gasteiger partial charge on any atom is -0.383 e. The van der Waals surface area contributed by atoms with Crippen LogP contribution in [0.3, 0.4) is 0 Å². The molecule has 45 heavy (non-hydrogen) atoms. The van der Waals surface area contributed by atoms with Crippen molar-refractivity contribution in [3.05, 3.63) is 101 Å². The molecule has 1 saturated carbocycles. The second-order valence-corrected chi connectivity index (χ2v) is 13.4. The molecule has 2 aromatic carbocycles. The number of hydrogen-bond donors (Lipinski definition) is 2. The maximum absolute atomic E-state index is 10.2. The standard InChI is InChI=1S/C34H30N10S/c1-33(2,3)19-39-30-22(16-36)17-38-29-21(15-35)13-24(14-26(29)30)41-31(25-5-4-6-27-32(25)45-20-40-27)28-18-44(43-42-28)34(9-10-34)23-7-11-37-12-8-23/h4-8,11-14,17-18,20,31,41H,9-10,19H2,1-3H3,(H,38,39). The number of hydrogen-bond acceptors (Lipinski definition) is 10. The molecule has 0 spiro atoms.